The van der Waals surface area contributed by atoms with Crippen molar-refractivity contribution in [3.05, 3.63) is 0 Å². The lowest BCUT2D eigenvalue weighted by atomic mass is 10.1. The van der Waals surface area contributed by atoms with Gasteiger partial charge in [-0.1, -0.05) is 12.8 Å². The van der Waals surface area contributed by atoms with Crippen LogP contribution in [-0.2, 0) is 9.53 Å². The van der Waals surface area contributed by atoms with Crippen LogP contribution >= 0.6 is 0 Å². The summed E-state index contributed by atoms with van der Waals surface area (Å²) in [7, 11) is 0. The first-order valence-corrected chi connectivity index (χ1v) is 6.86. The van der Waals surface area contributed by atoms with Crippen LogP contribution in [0, 0.1) is 12.3 Å². The minimum absolute atomic E-state index is 0.119. The van der Waals surface area contributed by atoms with Crippen molar-refractivity contribution in [2.45, 2.75) is 25.8 Å². The molecule has 1 unspecified atom stereocenters. The molecule has 0 radical (unpaired) electrons. The van der Waals surface area contributed by atoms with E-state index in [1.54, 1.807) is 0 Å². The third-order valence-electron chi connectivity index (χ3n) is 3.51. The summed E-state index contributed by atoms with van der Waals surface area (Å²) in [6.07, 6.45) is 6.38. The summed E-state index contributed by atoms with van der Waals surface area (Å²) in [6, 6.07) is 0.219. The molecule has 5 nitrogen and oxygen atoms in total. The van der Waals surface area contributed by atoms with Crippen LogP contribution in [0.4, 0.5) is 0 Å². The van der Waals surface area contributed by atoms with Gasteiger partial charge in [-0.25, -0.2) is 0 Å². The Morgan fingerprint density at radius 1 is 1.42 bits per heavy atom. The number of hydrogen-bond donors (Lipinski definition) is 1. The summed E-state index contributed by atoms with van der Waals surface area (Å²) in [5, 5.41) is 9.27. The number of terminal acetylenes is 1. The van der Waals surface area contributed by atoms with Crippen LogP contribution in [0.15, 0.2) is 0 Å². The van der Waals surface area contributed by atoms with Gasteiger partial charge in [0, 0.05) is 32.2 Å². The molecule has 1 rings (SSSR count). The number of aliphatic hydroxyl groups is 1. The SMILES string of the molecule is C#CCOCCC(=O)N1CCN(C(CC)CO)CC1. The average molecular weight is 268 g/mol. The van der Waals surface area contributed by atoms with Crippen molar-refractivity contribution < 1.29 is 14.6 Å². The van der Waals surface area contributed by atoms with Crippen LogP contribution in [0.25, 0.3) is 0 Å². The first-order chi connectivity index (χ1) is 9.22. The third kappa shape index (κ3) is 5.19. The van der Waals surface area contributed by atoms with Crippen LogP contribution in [0.2, 0.25) is 0 Å². The molecule has 0 bridgehead atoms. The van der Waals surface area contributed by atoms with Crippen molar-refractivity contribution in [3.8, 4) is 12.3 Å². The molecule has 1 atom stereocenters. The predicted octanol–water partition coefficient (Wildman–Crippen LogP) is -0.0586. The number of rotatable bonds is 7. The van der Waals surface area contributed by atoms with Crippen LogP contribution in [0.5, 0.6) is 0 Å². The minimum Gasteiger partial charge on any atom is -0.395 e. The highest BCUT2D eigenvalue weighted by Gasteiger charge is 2.24. The highest BCUT2D eigenvalue weighted by atomic mass is 16.5. The van der Waals surface area contributed by atoms with E-state index in [0.29, 0.717) is 13.0 Å². The lowest BCUT2D eigenvalue weighted by Crippen LogP contribution is -2.52. The van der Waals surface area contributed by atoms with Gasteiger partial charge < -0.3 is 14.7 Å². The first-order valence-electron chi connectivity index (χ1n) is 6.86. The zero-order valence-electron chi connectivity index (χ0n) is 11.7. The second-order valence-electron chi connectivity index (χ2n) is 4.67. The van der Waals surface area contributed by atoms with Gasteiger partial charge in [0.15, 0.2) is 0 Å². The van der Waals surface area contributed by atoms with Crippen molar-refractivity contribution in [1.29, 1.82) is 0 Å². The van der Waals surface area contributed by atoms with Gasteiger partial charge in [0.2, 0.25) is 5.91 Å². The highest BCUT2D eigenvalue weighted by Crippen LogP contribution is 2.09. The fraction of sp³-hybridized carbons (Fsp3) is 0.786. The van der Waals surface area contributed by atoms with E-state index in [1.807, 2.05) is 4.90 Å². The summed E-state index contributed by atoms with van der Waals surface area (Å²) < 4.78 is 5.11. The maximum atomic E-state index is 11.9. The van der Waals surface area contributed by atoms with E-state index < -0.39 is 0 Å². The van der Waals surface area contributed by atoms with E-state index in [4.69, 9.17) is 11.2 Å². The van der Waals surface area contributed by atoms with Crippen molar-refractivity contribution in [2.75, 3.05) is 46.0 Å². The molecular weight excluding hydrogens is 244 g/mol. The fourth-order valence-electron chi connectivity index (χ4n) is 2.29. The maximum absolute atomic E-state index is 11.9. The van der Waals surface area contributed by atoms with Crippen LogP contribution in [0.3, 0.4) is 0 Å². The maximum Gasteiger partial charge on any atom is 0.224 e. The summed E-state index contributed by atoms with van der Waals surface area (Å²) in [5.41, 5.74) is 0. The van der Waals surface area contributed by atoms with Gasteiger partial charge in [-0.3, -0.25) is 9.69 Å². The molecule has 0 aromatic rings. The van der Waals surface area contributed by atoms with Gasteiger partial charge >= 0.3 is 0 Å². The molecule has 0 aliphatic carbocycles. The van der Waals surface area contributed by atoms with Gasteiger partial charge in [-0.2, -0.15) is 0 Å². The summed E-state index contributed by atoms with van der Waals surface area (Å²) in [4.78, 5) is 16.0. The number of aliphatic hydroxyl groups excluding tert-OH is 1. The van der Waals surface area contributed by atoms with Crippen molar-refractivity contribution >= 4 is 5.91 Å². The predicted molar refractivity (Wildman–Crippen MR) is 73.6 cm³/mol. The molecule has 1 aliphatic heterocycles. The van der Waals surface area contributed by atoms with E-state index in [1.165, 1.54) is 0 Å². The van der Waals surface area contributed by atoms with Gasteiger partial charge in [0.1, 0.15) is 6.61 Å². The largest absolute Gasteiger partial charge is 0.395 e. The number of nitrogens with zero attached hydrogens (tertiary/aromatic N) is 2. The molecule has 108 valence electrons. The highest BCUT2D eigenvalue weighted by molar-refractivity contribution is 5.76. The molecule has 0 aromatic carbocycles. The second kappa shape index (κ2) is 8.92. The smallest absolute Gasteiger partial charge is 0.224 e. The number of carbonyl (C=O) groups is 1. The zero-order valence-corrected chi connectivity index (χ0v) is 11.7. The van der Waals surface area contributed by atoms with Crippen LogP contribution in [-0.4, -0.2) is 72.9 Å². The molecule has 19 heavy (non-hydrogen) atoms. The van der Waals surface area contributed by atoms with Crippen LogP contribution in [0.1, 0.15) is 19.8 Å². The average Bonchev–Trinajstić information content (AvgIpc) is 2.45. The molecule has 1 N–H and O–H groups in total. The number of hydrogen-bond acceptors (Lipinski definition) is 4. The summed E-state index contributed by atoms with van der Waals surface area (Å²) in [5.74, 6) is 2.49. The number of ether oxygens (including phenoxy) is 1. The van der Waals surface area contributed by atoms with E-state index in [2.05, 4.69) is 17.7 Å². The van der Waals surface area contributed by atoms with Gasteiger partial charge in [0.25, 0.3) is 0 Å². The molecule has 1 aliphatic rings. The topological polar surface area (TPSA) is 53.0 Å². The molecule has 1 heterocycles. The Labute approximate surface area is 115 Å². The number of carbonyl (C=O) groups excluding carboxylic acids is 1. The lowest BCUT2D eigenvalue weighted by Gasteiger charge is -2.38. The molecule has 0 spiro atoms. The van der Waals surface area contributed by atoms with Crippen molar-refractivity contribution in [1.82, 2.24) is 9.80 Å². The van der Waals surface area contributed by atoms with E-state index in [9.17, 15) is 9.90 Å². The van der Waals surface area contributed by atoms with E-state index >= 15 is 0 Å². The standard InChI is InChI=1S/C14H24N2O3/c1-3-10-19-11-5-14(18)16-8-6-15(7-9-16)13(4-2)12-17/h1,13,17H,4-12H2,2H3. The Kier molecular flexibility index (Phi) is 7.49. The Balaban J connectivity index is 2.25. The zero-order chi connectivity index (χ0) is 14.1. The van der Waals surface area contributed by atoms with Gasteiger partial charge in [-0.05, 0) is 6.42 Å². The third-order valence-corrected chi connectivity index (χ3v) is 3.51. The van der Waals surface area contributed by atoms with E-state index in [0.717, 1.165) is 32.6 Å². The van der Waals surface area contributed by atoms with Crippen molar-refractivity contribution in [2.24, 2.45) is 0 Å². The molecule has 5 heteroatoms. The van der Waals surface area contributed by atoms with E-state index in [-0.39, 0.29) is 25.2 Å². The Morgan fingerprint density at radius 2 is 2.11 bits per heavy atom. The fourth-order valence-corrected chi connectivity index (χ4v) is 2.29. The minimum atomic E-state index is 0.119. The van der Waals surface area contributed by atoms with Crippen LogP contribution < -0.4 is 0 Å². The van der Waals surface area contributed by atoms with Gasteiger partial charge in [0.05, 0.1) is 19.6 Å². The quantitative estimate of drug-likeness (QED) is 0.519. The lowest BCUT2D eigenvalue weighted by molar-refractivity contribution is -0.134. The summed E-state index contributed by atoms with van der Waals surface area (Å²) in [6.45, 7) is 6.01. The van der Waals surface area contributed by atoms with Crippen molar-refractivity contribution in [3.63, 3.8) is 0 Å². The molecule has 0 saturated carbocycles. The molecule has 1 saturated heterocycles. The normalized spacial score (nSPS) is 18.1. The Morgan fingerprint density at radius 3 is 2.63 bits per heavy atom. The molecule has 1 amide bonds. The Bertz CT molecular complexity index is 302. The van der Waals surface area contributed by atoms with Gasteiger partial charge in [-0.15, -0.1) is 6.42 Å². The number of piperazine rings is 1. The monoisotopic (exact) mass is 268 g/mol. The second-order valence-corrected chi connectivity index (χ2v) is 4.67. The summed E-state index contributed by atoms with van der Waals surface area (Å²) >= 11 is 0. The molecule has 0 aromatic heterocycles. The number of amides is 1. The molecular formula is C14H24N2O3. The first kappa shape index (κ1) is 16.0. The molecule has 1 fully saturated rings. The Hall–Kier alpha value is -1.09.